The number of hydrogen-bond donors (Lipinski definition) is 1. The van der Waals surface area contributed by atoms with E-state index in [-0.39, 0.29) is 12.1 Å². The van der Waals surface area contributed by atoms with Crippen molar-refractivity contribution in [1.82, 2.24) is 0 Å². The molecule has 24 heavy (non-hydrogen) atoms. The maximum Gasteiger partial charge on any atom is 0.262 e. The number of nitrogens with zero attached hydrogens (tertiary/aromatic N) is 1. The Balaban J connectivity index is 1.86. The first kappa shape index (κ1) is 14.5. The molecule has 3 aromatic carbocycles. The maximum atomic E-state index is 13.2. The first-order chi connectivity index (χ1) is 11.7. The average molecular weight is 314 g/mol. The van der Waals surface area contributed by atoms with Gasteiger partial charge >= 0.3 is 0 Å². The predicted molar refractivity (Wildman–Crippen MR) is 97.2 cm³/mol. The third-order valence-corrected chi connectivity index (χ3v) is 4.35. The van der Waals surface area contributed by atoms with Gasteiger partial charge in [-0.15, -0.1) is 0 Å². The number of fused-ring (bicyclic) bond motifs is 1. The zero-order chi connectivity index (χ0) is 16.5. The topological polar surface area (TPSA) is 32.3 Å². The van der Waals surface area contributed by atoms with Crippen LogP contribution in [0.25, 0.3) is 0 Å². The van der Waals surface area contributed by atoms with Crippen molar-refractivity contribution in [3.05, 3.63) is 95.6 Å². The maximum absolute atomic E-state index is 13.2. The van der Waals surface area contributed by atoms with Crippen molar-refractivity contribution < 1.29 is 4.79 Å². The van der Waals surface area contributed by atoms with Gasteiger partial charge in [0, 0.05) is 11.4 Å². The molecule has 0 fully saturated rings. The average Bonchev–Trinajstić information content (AvgIpc) is 2.63. The number of anilines is 2. The predicted octanol–water partition coefficient (Wildman–Crippen LogP) is 4.77. The van der Waals surface area contributed by atoms with E-state index in [0.29, 0.717) is 5.56 Å². The standard InChI is InChI=1S/C21H18N2O/c1-15-11-13-17(14-12-15)23-20(16-7-3-2-4-8-16)22-19-10-6-5-9-18(19)21(23)24/h2-14,20,22H,1H3/t20-/m1/s1. The molecule has 3 nitrogen and oxygen atoms in total. The van der Waals surface area contributed by atoms with E-state index in [1.165, 1.54) is 5.56 Å². The highest BCUT2D eigenvalue weighted by Crippen LogP contribution is 2.36. The molecule has 0 aromatic heterocycles. The van der Waals surface area contributed by atoms with Crippen LogP contribution in [0.15, 0.2) is 78.9 Å². The van der Waals surface area contributed by atoms with E-state index >= 15 is 0 Å². The highest BCUT2D eigenvalue weighted by Gasteiger charge is 2.33. The van der Waals surface area contributed by atoms with Gasteiger partial charge in [0.2, 0.25) is 0 Å². The Morgan fingerprint density at radius 1 is 0.833 bits per heavy atom. The van der Waals surface area contributed by atoms with Crippen molar-refractivity contribution in [2.24, 2.45) is 0 Å². The van der Waals surface area contributed by atoms with E-state index in [2.05, 4.69) is 5.32 Å². The molecule has 1 aliphatic heterocycles. The molecule has 3 aromatic rings. The summed E-state index contributed by atoms with van der Waals surface area (Å²) in [5.74, 6) is 0.0158. The summed E-state index contributed by atoms with van der Waals surface area (Å²) in [5.41, 5.74) is 4.69. The van der Waals surface area contributed by atoms with E-state index < -0.39 is 0 Å². The SMILES string of the molecule is Cc1ccc(N2C(=O)c3ccccc3N[C@H]2c2ccccc2)cc1. The Labute approximate surface area is 141 Å². The normalized spacial score (nSPS) is 16.5. The lowest BCUT2D eigenvalue weighted by Crippen LogP contribution is -2.43. The largest absolute Gasteiger partial charge is 0.360 e. The van der Waals surface area contributed by atoms with Crippen molar-refractivity contribution in [2.45, 2.75) is 13.1 Å². The molecule has 1 heterocycles. The van der Waals surface area contributed by atoms with E-state index in [1.54, 1.807) is 0 Å². The lowest BCUT2D eigenvalue weighted by atomic mass is 10.0. The summed E-state index contributed by atoms with van der Waals surface area (Å²) >= 11 is 0. The fourth-order valence-electron chi connectivity index (χ4n) is 3.09. The molecule has 0 bridgehead atoms. The number of carbonyl (C=O) groups excluding carboxylic acids is 1. The second kappa shape index (κ2) is 5.85. The Hall–Kier alpha value is -3.07. The number of benzene rings is 3. The monoisotopic (exact) mass is 314 g/mol. The Kier molecular flexibility index (Phi) is 3.54. The molecule has 0 saturated heterocycles. The number of aryl methyl sites for hydroxylation is 1. The minimum Gasteiger partial charge on any atom is -0.360 e. The summed E-state index contributed by atoms with van der Waals surface area (Å²) in [7, 11) is 0. The summed E-state index contributed by atoms with van der Waals surface area (Å²) in [5, 5.41) is 3.51. The summed E-state index contributed by atoms with van der Waals surface area (Å²) < 4.78 is 0. The number of amides is 1. The van der Waals surface area contributed by atoms with Crippen LogP contribution in [-0.4, -0.2) is 5.91 Å². The molecule has 1 atom stereocenters. The summed E-state index contributed by atoms with van der Waals surface area (Å²) in [6.45, 7) is 2.05. The quantitative estimate of drug-likeness (QED) is 0.739. The molecule has 0 radical (unpaired) electrons. The highest BCUT2D eigenvalue weighted by molar-refractivity contribution is 6.12. The first-order valence-corrected chi connectivity index (χ1v) is 8.05. The van der Waals surface area contributed by atoms with Gasteiger partial charge in [-0.25, -0.2) is 0 Å². The van der Waals surface area contributed by atoms with Crippen LogP contribution in [0.2, 0.25) is 0 Å². The van der Waals surface area contributed by atoms with E-state index in [0.717, 1.165) is 16.9 Å². The van der Waals surface area contributed by atoms with Gasteiger partial charge in [-0.05, 0) is 36.8 Å². The van der Waals surface area contributed by atoms with Crippen LogP contribution < -0.4 is 10.2 Å². The van der Waals surface area contributed by atoms with Crippen molar-refractivity contribution >= 4 is 17.3 Å². The van der Waals surface area contributed by atoms with Gasteiger partial charge in [0.05, 0.1) is 5.56 Å². The minimum atomic E-state index is -0.226. The van der Waals surface area contributed by atoms with Crippen LogP contribution in [0.1, 0.15) is 27.7 Å². The summed E-state index contributed by atoms with van der Waals surface area (Å²) in [6, 6.07) is 25.8. The van der Waals surface area contributed by atoms with Crippen molar-refractivity contribution in [3.8, 4) is 0 Å². The zero-order valence-electron chi connectivity index (χ0n) is 13.4. The molecule has 0 spiro atoms. The molecule has 0 unspecified atom stereocenters. The van der Waals surface area contributed by atoms with Crippen LogP contribution in [0, 0.1) is 6.92 Å². The van der Waals surface area contributed by atoms with Gasteiger partial charge in [0.25, 0.3) is 5.91 Å². The Morgan fingerprint density at radius 3 is 2.25 bits per heavy atom. The molecule has 0 saturated carbocycles. The molecule has 118 valence electrons. The fourth-order valence-corrected chi connectivity index (χ4v) is 3.09. The molecule has 1 aliphatic rings. The van der Waals surface area contributed by atoms with Crippen LogP contribution in [0.4, 0.5) is 11.4 Å². The van der Waals surface area contributed by atoms with Gasteiger partial charge in [0.1, 0.15) is 6.17 Å². The minimum absolute atomic E-state index is 0.0158. The third kappa shape index (κ3) is 2.44. The van der Waals surface area contributed by atoms with Crippen LogP contribution in [0.5, 0.6) is 0 Å². The lowest BCUT2D eigenvalue weighted by Gasteiger charge is -2.38. The van der Waals surface area contributed by atoms with E-state index in [4.69, 9.17) is 0 Å². The van der Waals surface area contributed by atoms with Gasteiger partial charge in [-0.1, -0.05) is 60.2 Å². The van der Waals surface area contributed by atoms with E-state index in [1.807, 2.05) is 90.7 Å². The van der Waals surface area contributed by atoms with E-state index in [9.17, 15) is 4.79 Å². The fraction of sp³-hybridized carbons (Fsp3) is 0.0952. The van der Waals surface area contributed by atoms with Crippen molar-refractivity contribution in [3.63, 3.8) is 0 Å². The summed E-state index contributed by atoms with van der Waals surface area (Å²) in [6.07, 6.45) is -0.226. The van der Waals surface area contributed by atoms with Crippen molar-refractivity contribution in [2.75, 3.05) is 10.2 Å². The number of carbonyl (C=O) groups is 1. The highest BCUT2D eigenvalue weighted by atomic mass is 16.2. The van der Waals surface area contributed by atoms with Crippen LogP contribution in [-0.2, 0) is 0 Å². The van der Waals surface area contributed by atoms with Gasteiger partial charge in [0.15, 0.2) is 0 Å². The lowest BCUT2D eigenvalue weighted by molar-refractivity contribution is 0.0975. The third-order valence-electron chi connectivity index (χ3n) is 4.35. The van der Waals surface area contributed by atoms with Crippen molar-refractivity contribution in [1.29, 1.82) is 0 Å². The Morgan fingerprint density at radius 2 is 1.50 bits per heavy atom. The Bertz CT molecular complexity index is 872. The van der Waals surface area contributed by atoms with Crippen LogP contribution >= 0.6 is 0 Å². The second-order valence-corrected chi connectivity index (χ2v) is 6.01. The van der Waals surface area contributed by atoms with Gasteiger partial charge < -0.3 is 5.32 Å². The molecule has 0 aliphatic carbocycles. The zero-order valence-corrected chi connectivity index (χ0v) is 13.4. The molecular formula is C21H18N2O. The number of hydrogen-bond acceptors (Lipinski definition) is 2. The molecular weight excluding hydrogens is 296 g/mol. The second-order valence-electron chi connectivity index (χ2n) is 6.01. The number of nitrogens with one attached hydrogen (secondary N) is 1. The molecule has 4 rings (SSSR count). The summed E-state index contributed by atoms with van der Waals surface area (Å²) in [4.78, 5) is 15.0. The number of rotatable bonds is 2. The van der Waals surface area contributed by atoms with Gasteiger partial charge in [-0.2, -0.15) is 0 Å². The smallest absolute Gasteiger partial charge is 0.262 e. The van der Waals surface area contributed by atoms with Gasteiger partial charge in [-0.3, -0.25) is 9.69 Å². The number of para-hydroxylation sites is 1. The molecule has 1 N–H and O–H groups in total. The molecule has 1 amide bonds. The van der Waals surface area contributed by atoms with Crippen LogP contribution in [0.3, 0.4) is 0 Å². The molecule has 3 heteroatoms. The first-order valence-electron chi connectivity index (χ1n) is 8.05.